The minimum absolute atomic E-state index is 0.773. The molecular weight excluding hydrogens is 284 g/mol. The molecule has 23 heavy (non-hydrogen) atoms. The minimum Gasteiger partial charge on any atom is -0.494 e. The predicted octanol–water partition coefficient (Wildman–Crippen LogP) is 3.68. The molecule has 0 radical (unpaired) electrons. The fourth-order valence-corrected chi connectivity index (χ4v) is 2.56. The molecule has 0 N–H and O–H groups in total. The van der Waals surface area contributed by atoms with Gasteiger partial charge in [-0.15, -0.1) is 0 Å². The van der Waals surface area contributed by atoms with Crippen LogP contribution in [0.1, 0.15) is 18.4 Å². The van der Waals surface area contributed by atoms with Crippen molar-refractivity contribution in [2.75, 3.05) is 6.61 Å². The van der Waals surface area contributed by atoms with Gasteiger partial charge in [-0.1, -0.05) is 48.5 Å². The average molecular weight is 307 g/mol. The Morgan fingerprint density at radius 3 is 2.39 bits per heavy atom. The number of ether oxygens (including phenoxy) is 1. The molecule has 0 saturated carbocycles. The molecule has 1 heterocycles. The van der Waals surface area contributed by atoms with Gasteiger partial charge in [-0.2, -0.15) is 0 Å². The van der Waals surface area contributed by atoms with Crippen LogP contribution in [0.5, 0.6) is 5.75 Å². The van der Waals surface area contributed by atoms with Gasteiger partial charge in [-0.05, 0) is 30.5 Å². The maximum absolute atomic E-state index is 5.71. The Kier molecular flexibility index (Phi) is 5.46. The first-order valence-corrected chi connectivity index (χ1v) is 8.17. The summed E-state index contributed by atoms with van der Waals surface area (Å²) in [6, 6.07) is 20.5. The van der Waals surface area contributed by atoms with E-state index in [1.54, 1.807) is 0 Å². The summed E-state index contributed by atoms with van der Waals surface area (Å²) in [4.78, 5) is 0. The summed E-state index contributed by atoms with van der Waals surface area (Å²) in [6.45, 7) is 2.72. The van der Waals surface area contributed by atoms with E-state index in [1.807, 2.05) is 30.3 Å². The highest BCUT2D eigenvalue weighted by Gasteiger charge is 2.04. The molecule has 1 aromatic heterocycles. The fraction of sp³-hybridized carbons (Fsp3) is 0.250. The number of unbranched alkanes of at least 4 members (excludes halogenated alkanes) is 1. The van der Waals surface area contributed by atoms with Gasteiger partial charge >= 0.3 is 0 Å². The van der Waals surface area contributed by atoms with E-state index >= 15 is 0 Å². The Bertz CT molecular complexity index is 692. The highest BCUT2D eigenvalue weighted by atomic mass is 16.5. The van der Waals surface area contributed by atoms with Crippen LogP contribution in [-0.4, -0.2) is 11.2 Å². The summed E-state index contributed by atoms with van der Waals surface area (Å²) >= 11 is 0. The number of aryl methyl sites for hydroxylation is 1. The number of imidazole rings is 1. The van der Waals surface area contributed by atoms with Crippen molar-refractivity contribution in [2.24, 2.45) is 0 Å². The van der Waals surface area contributed by atoms with E-state index in [0.29, 0.717) is 0 Å². The zero-order valence-corrected chi connectivity index (χ0v) is 13.3. The lowest BCUT2D eigenvalue weighted by molar-refractivity contribution is -0.687. The van der Waals surface area contributed by atoms with Gasteiger partial charge < -0.3 is 4.74 Å². The monoisotopic (exact) mass is 307 g/mol. The zero-order chi connectivity index (χ0) is 15.7. The van der Waals surface area contributed by atoms with Crippen molar-refractivity contribution in [1.82, 2.24) is 4.57 Å². The van der Waals surface area contributed by atoms with Crippen LogP contribution in [0, 0.1) is 0 Å². The quantitative estimate of drug-likeness (QED) is 0.458. The number of hydrogen-bond acceptors (Lipinski definition) is 1. The first kappa shape index (κ1) is 15.3. The number of rotatable bonds is 8. The third-order valence-corrected chi connectivity index (χ3v) is 3.78. The topological polar surface area (TPSA) is 18.0 Å². The summed E-state index contributed by atoms with van der Waals surface area (Å²) in [5, 5.41) is 0. The molecule has 0 aliphatic carbocycles. The average Bonchev–Trinajstić information content (AvgIpc) is 3.04. The van der Waals surface area contributed by atoms with Gasteiger partial charge in [0.25, 0.3) is 0 Å². The number of aromatic nitrogens is 2. The zero-order valence-electron chi connectivity index (χ0n) is 13.3. The number of para-hydroxylation sites is 1. The molecule has 0 bridgehead atoms. The van der Waals surface area contributed by atoms with Crippen molar-refractivity contribution in [3.63, 3.8) is 0 Å². The van der Waals surface area contributed by atoms with E-state index < -0.39 is 0 Å². The summed E-state index contributed by atoms with van der Waals surface area (Å²) < 4.78 is 10.2. The van der Waals surface area contributed by atoms with Crippen LogP contribution in [0.4, 0.5) is 0 Å². The summed E-state index contributed by atoms with van der Waals surface area (Å²) in [5.41, 5.74) is 1.33. The molecule has 3 nitrogen and oxygen atoms in total. The van der Waals surface area contributed by atoms with Crippen molar-refractivity contribution in [3.05, 3.63) is 84.9 Å². The molecule has 3 heteroatoms. The first-order valence-electron chi connectivity index (χ1n) is 8.17. The van der Waals surface area contributed by atoms with E-state index in [4.69, 9.17) is 4.74 Å². The Balaban J connectivity index is 1.38. The van der Waals surface area contributed by atoms with E-state index in [0.717, 1.165) is 38.3 Å². The highest BCUT2D eigenvalue weighted by Crippen LogP contribution is 2.09. The van der Waals surface area contributed by atoms with Crippen molar-refractivity contribution in [1.29, 1.82) is 0 Å². The van der Waals surface area contributed by atoms with Crippen molar-refractivity contribution < 1.29 is 9.30 Å². The van der Waals surface area contributed by atoms with Gasteiger partial charge in [0.1, 0.15) is 24.7 Å². The summed E-state index contributed by atoms with van der Waals surface area (Å²) in [7, 11) is 0. The van der Waals surface area contributed by atoms with Crippen LogP contribution in [0.3, 0.4) is 0 Å². The molecule has 0 atom stereocenters. The molecule has 0 aliphatic rings. The fourth-order valence-electron chi connectivity index (χ4n) is 2.56. The van der Waals surface area contributed by atoms with Crippen molar-refractivity contribution in [3.8, 4) is 5.75 Å². The Morgan fingerprint density at radius 2 is 1.61 bits per heavy atom. The van der Waals surface area contributed by atoms with E-state index in [-0.39, 0.29) is 0 Å². The Hall–Kier alpha value is -2.55. The maximum Gasteiger partial charge on any atom is 0.244 e. The van der Waals surface area contributed by atoms with Gasteiger partial charge in [-0.3, -0.25) is 0 Å². The molecular formula is C20H23N2O+. The van der Waals surface area contributed by atoms with Gasteiger partial charge in [0.05, 0.1) is 13.2 Å². The van der Waals surface area contributed by atoms with Crippen LogP contribution < -0.4 is 9.30 Å². The van der Waals surface area contributed by atoms with E-state index in [1.165, 1.54) is 5.56 Å². The molecule has 0 amide bonds. The third kappa shape index (κ3) is 4.99. The van der Waals surface area contributed by atoms with Crippen LogP contribution in [-0.2, 0) is 13.1 Å². The lowest BCUT2D eigenvalue weighted by Gasteiger charge is -2.04. The largest absolute Gasteiger partial charge is 0.494 e. The smallest absolute Gasteiger partial charge is 0.244 e. The lowest BCUT2D eigenvalue weighted by Crippen LogP contribution is -2.31. The van der Waals surface area contributed by atoms with Crippen molar-refractivity contribution in [2.45, 2.75) is 25.9 Å². The SMILES string of the molecule is c1ccc(C[n+]2ccn(CCCCOc3ccccc3)c2)cc1. The first-order chi connectivity index (χ1) is 11.4. The Labute approximate surface area is 137 Å². The van der Waals surface area contributed by atoms with Crippen LogP contribution in [0.15, 0.2) is 79.4 Å². The lowest BCUT2D eigenvalue weighted by atomic mass is 10.2. The highest BCUT2D eigenvalue weighted by molar-refractivity contribution is 5.20. The predicted molar refractivity (Wildman–Crippen MR) is 91.3 cm³/mol. The molecule has 0 saturated heterocycles. The molecule has 3 aromatic rings. The normalized spacial score (nSPS) is 10.6. The Morgan fingerprint density at radius 1 is 0.870 bits per heavy atom. The molecule has 0 aliphatic heterocycles. The van der Waals surface area contributed by atoms with Gasteiger partial charge in [-0.25, -0.2) is 9.13 Å². The number of nitrogens with zero attached hydrogens (tertiary/aromatic N) is 2. The standard InChI is InChI=1S/C20H23N2O/c1-3-9-19(10-4-1)17-22-15-14-21(18-22)13-7-8-16-23-20-11-5-2-6-12-20/h1-6,9-12,14-15,18H,7-8,13,16-17H2/q+1. The second kappa shape index (κ2) is 8.18. The van der Waals surface area contributed by atoms with E-state index in [9.17, 15) is 0 Å². The minimum atomic E-state index is 0.773. The molecule has 0 spiro atoms. The third-order valence-electron chi connectivity index (χ3n) is 3.78. The van der Waals surface area contributed by atoms with Crippen LogP contribution >= 0.6 is 0 Å². The maximum atomic E-state index is 5.71. The van der Waals surface area contributed by atoms with Crippen LogP contribution in [0.25, 0.3) is 0 Å². The van der Waals surface area contributed by atoms with Gasteiger partial charge in [0, 0.05) is 0 Å². The molecule has 2 aromatic carbocycles. The molecule has 118 valence electrons. The number of benzene rings is 2. The second-order valence-corrected chi connectivity index (χ2v) is 5.68. The van der Waals surface area contributed by atoms with E-state index in [2.05, 4.69) is 58.2 Å². The summed E-state index contributed by atoms with van der Waals surface area (Å²) in [6.07, 6.45) is 8.62. The summed E-state index contributed by atoms with van der Waals surface area (Å²) in [5.74, 6) is 0.953. The van der Waals surface area contributed by atoms with Crippen LogP contribution in [0.2, 0.25) is 0 Å². The second-order valence-electron chi connectivity index (χ2n) is 5.68. The molecule has 0 fully saturated rings. The molecule has 3 rings (SSSR count). The van der Waals surface area contributed by atoms with Crippen molar-refractivity contribution >= 4 is 0 Å². The number of hydrogen-bond donors (Lipinski definition) is 0. The molecule has 0 unspecified atom stereocenters. The van der Waals surface area contributed by atoms with Gasteiger partial charge in [0.2, 0.25) is 6.33 Å². The van der Waals surface area contributed by atoms with Gasteiger partial charge in [0.15, 0.2) is 0 Å².